The number of ether oxygens (including phenoxy) is 1. The average molecular weight is 437 g/mol. The summed E-state index contributed by atoms with van der Waals surface area (Å²) < 4.78 is 47.7. The maximum absolute atomic E-state index is 14.2. The molecule has 0 aliphatic carbocycles. The number of hydrogen-bond donors (Lipinski definition) is 2. The van der Waals surface area contributed by atoms with Crippen LogP contribution in [-0.2, 0) is 10.3 Å². The highest BCUT2D eigenvalue weighted by atomic mass is 32.1. The van der Waals surface area contributed by atoms with Crippen molar-refractivity contribution in [3.63, 3.8) is 0 Å². The van der Waals surface area contributed by atoms with Crippen LogP contribution >= 0.6 is 12.2 Å². The van der Waals surface area contributed by atoms with Gasteiger partial charge in [-0.25, -0.2) is 18.2 Å². The second kappa shape index (κ2) is 8.61. The normalized spacial score (nSPS) is 20.1. The first-order valence-corrected chi connectivity index (χ1v) is 9.79. The molecule has 0 bridgehead atoms. The minimum atomic E-state index is -1.12. The van der Waals surface area contributed by atoms with Crippen LogP contribution in [0.15, 0.2) is 36.4 Å². The fraction of sp³-hybridized carbons (Fsp3) is 0.333. The number of hydrogen-bond acceptors (Lipinski definition) is 4. The second-order valence-electron chi connectivity index (χ2n) is 7.29. The third-order valence-corrected chi connectivity index (χ3v) is 5.71. The van der Waals surface area contributed by atoms with Gasteiger partial charge < -0.3 is 10.5 Å². The lowest BCUT2D eigenvalue weighted by Crippen LogP contribution is -2.61. The monoisotopic (exact) mass is 437 g/mol. The Labute approximate surface area is 178 Å². The van der Waals surface area contributed by atoms with Gasteiger partial charge in [0.2, 0.25) is 5.91 Å². The minimum absolute atomic E-state index is 0.181. The summed E-state index contributed by atoms with van der Waals surface area (Å²) in [6.45, 7) is 3.59. The van der Waals surface area contributed by atoms with Crippen LogP contribution in [0.25, 0.3) is 0 Å². The highest BCUT2D eigenvalue weighted by Gasteiger charge is 2.48. The van der Waals surface area contributed by atoms with Gasteiger partial charge in [0.05, 0.1) is 12.1 Å². The summed E-state index contributed by atoms with van der Waals surface area (Å²) in [5, 5.41) is 1.22. The molecule has 0 saturated carbocycles. The number of fused-ring (bicyclic) bond motifs is 1. The third-order valence-electron chi connectivity index (χ3n) is 5.40. The molecular formula is C21H22F3N3O2S. The lowest BCUT2D eigenvalue weighted by Gasteiger charge is -2.49. The minimum Gasteiger partial charge on any atom is -0.493 e. The van der Waals surface area contributed by atoms with Crippen LogP contribution in [-0.4, -0.2) is 29.1 Å². The Morgan fingerprint density at radius 1 is 1.27 bits per heavy atom. The molecule has 1 amide bonds. The van der Waals surface area contributed by atoms with Gasteiger partial charge in [-0.05, 0) is 56.3 Å². The molecule has 2 aromatic carbocycles. The fourth-order valence-electron chi connectivity index (χ4n) is 3.82. The molecule has 160 valence electrons. The van der Waals surface area contributed by atoms with E-state index in [0.29, 0.717) is 24.3 Å². The lowest BCUT2D eigenvalue weighted by molar-refractivity contribution is -0.143. The van der Waals surface area contributed by atoms with Crippen LogP contribution in [0, 0.1) is 23.4 Å². The van der Waals surface area contributed by atoms with Crippen LogP contribution in [0.3, 0.4) is 0 Å². The number of rotatable bonds is 4. The summed E-state index contributed by atoms with van der Waals surface area (Å²) in [7, 11) is 0. The molecule has 3 rings (SSSR count). The van der Waals surface area contributed by atoms with E-state index in [1.165, 1.54) is 30.1 Å². The average Bonchev–Trinajstić information content (AvgIpc) is 2.70. The van der Waals surface area contributed by atoms with Crippen molar-refractivity contribution in [2.24, 2.45) is 11.7 Å². The van der Waals surface area contributed by atoms with Crippen molar-refractivity contribution in [1.82, 2.24) is 10.4 Å². The van der Waals surface area contributed by atoms with Gasteiger partial charge in [-0.15, -0.1) is 0 Å². The Bertz CT molecular complexity index is 988. The number of carbonyl (C=O) groups is 1. The fourth-order valence-corrected chi connectivity index (χ4v) is 4.07. The molecule has 0 aromatic heterocycles. The molecule has 30 heavy (non-hydrogen) atoms. The molecule has 1 heterocycles. The molecule has 5 nitrogen and oxygen atoms in total. The molecule has 0 fully saturated rings. The van der Waals surface area contributed by atoms with Crippen LogP contribution < -0.4 is 15.9 Å². The number of benzene rings is 2. The molecule has 0 spiro atoms. The van der Waals surface area contributed by atoms with Gasteiger partial charge in [0, 0.05) is 24.0 Å². The molecule has 0 radical (unpaired) electrons. The number of carbonyl (C=O) groups excluding carboxylic acids is 1. The predicted octanol–water partition coefficient (Wildman–Crippen LogP) is 3.41. The van der Waals surface area contributed by atoms with Gasteiger partial charge in [-0.3, -0.25) is 10.2 Å². The van der Waals surface area contributed by atoms with E-state index in [4.69, 9.17) is 22.7 Å². The van der Waals surface area contributed by atoms with Crippen LogP contribution in [0.5, 0.6) is 5.75 Å². The number of hydrazine groups is 1. The van der Waals surface area contributed by atoms with Gasteiger partial charge in [-0.2, -0.15) is 0 Å². The summed E-state index contributed by atoms with van der Waals surface area (Å²) in [4.78, 5) is 12.5. The Morgan fingerprint density at radius 3 is 2.60 bits per heavy atom. The van der Waals surface area contributed by atoms with Crippen LogP contribution in [0.1, 0.15) is 31.4 Å². The highest BCUT2D eigenvalue weighted by molar-refractivity contribution is 7.80. The van der Waals surface area contributed by atoms with Crippen molar-refractivity contribution in [3.05, 3.63) is 65.0 Å². The molecule has 1 aliphatic rings. The SMILES string of the molecule is CC(=O)N(NC(=S)c1cc(F)ccc1F)C1(C)c2cc(F)ccc2OC[C@@H]1CCN. The van der Waals surface area contributed by atoms with E-state index in [2.05, 4.69) is 5.43 Å². The van der Waals surface area contributed by atoms with Crippen molar-refractivity contribution in [2.75, 3.05) is 13.2 Å². The number of nitrogens with zero attached hydrogens (tertiary/aromatic N) is 1. The van der Waals surface area contributed by atoms with Gasteiger partial charge in [0.1, 0.15) is 28.2 Å². The Morgan fingerprint density at radius 2 is 1.93 bits per heavy atom. The molecule has 9 heteroatoms. The van der Waals surface area contributed by atoms with E-state index >= 15 is 0 Å². The van der Waals surface area contributed by atoms with Crippen molar-refractivity contribution < 1.29 is 22.7 Å². The van der Waals surface area contributed by atoms with Crippen molar-refractivity contribution in [3.8, 4) is 5.75 Å². The smallest absolute Gasteiger partial charge is 0.238 e. The summed E-state index contributed by atoms with van der Waals surface area (Å²) in [5.41, 5.74) is 7.63. The van der Waals surface area contributed by atoms with Gasteiger partial charge in [-0.1, -0.05) is 12.2 Å². The second-order valence-corrected chi connectivity index (χ2v) is 7.70. The van der Waals surface area contributed by atoms with Crippen molar-refractivity contribution in [1.29, 1.82) is 0 Å². The van der Waals surface area contributed by atoms with E-state index in [-0.39, 0.29) is 23.1 Å². The molecule has 3 N–H and O–H groups in total. The van der Waals surface area contributed by atoms with E-state index in [1.54, 1.807) is 6.92 Å². The molecule has 1 aliphatic heterocycles. The maximum Gasteiger partial charge on any atom is 0.238 e. The Kier molecular flexibility index (Phi) is 6.33. The zero-order valence-electron chi connectivity index (χ0n) is 16.5. The number of halogens is 3. The summed E-state index contributed by atoms with van der Waals surface area (Å²) in [5.74, 6) is -2.25. The third kappa shape index (κ3) is 3.99. The lowest BCUT2D eigenvalue weighted by atomic mass is 9.75. The van der Waals surface area contributed by atoms with Crippen molar-refractivity contribution >= 4 is 23.1 Å². The molecular weight excluding hydrogens is 415 g/mol. The number of thiocarbonyl (C=S) groups is 1. The summed E-state index contributed by atoms with van der Waals surface area (Å²) in [6, 6.07) is 6.92. The molecule has 1 unspecified atom stereocenters. The molecule has 2 aromatic rings. The van der Waals surface area contributed by atoms with Crippen LogP contribution in [0.2, 0.25) is 0 Å². The maximum atomic E-state index is 14.2. The summed E-state index contributed by atoms with van der Waals surface area (Å²) >= 11 is 5.27. The number of amides is 1. The largest absolute Gasteiger partial charge is 0.493 e. The quantitative estimate of drug-likeness (QED) is 0.567. The predicted molar refractivity (Wildman–Crippen MR) is 110 cm³/mol. The first kappa shape index (κ1) is 22.0. The zero-order valence-corrected chi connectivity index (χ0v) is 17.4. The van der Waals surface area contributed by atoms with Crippen LogP contribution in [0.4, 0.5) is 13.2 Å². The molecule has 2 atom stereocenters. The van der Waals surface area contributed by atoms with Gasteiger partial charge in [0.15, 0.2) is 0 Å². The summed E-state index contributed by atoms with van der Waals surface area (Å²) in [6.07, 6.45) is 0.471. The van der Waals surface area contributed by atoms with E-state index < -0.39 is 28.9 Å². The van der Waals surface area contributed by atoms with Gasteiger partial charge >= 0.3 is 0 Å². The van der Waals surface area contributed by atoms with E-state index in [0.717, 1.165) is 18.2 Å². The van der Waals surface area contributed by atoms with E-state index in [9.17, 15) is 18.0 Å². The number of nitrogens with one attached hydrogen (secondary N) is 1. The van der Waals surface area contributed by atoms with Crippen molar-refractivity contribution in [2.45, 2.75) is 25.8 Å². The standard InChI is InChI=1S/C21H22F3N3O2S/c1-12(28)27(26-20(30)16-9-14(22)3-5-18(16)24)21(2)13(7-8-25)11-29-19-6-4-15(23)10-17(19)21/h3-6,9-10,13H,7-8,11,25H2,1-2H3,(H,26,30)/t13-,21?/m0/s1. The first-order valence-electron chi connectivity index (χ1n) is 9.38. The Balaban J connectivity index is 2.08. The highest BCUT2D eigenvalue weighted by Crippen LogP contribution is 2.45. The molecule has 0 saturated heterocycles. The number of nitrogens with two attached hydrogens (primary N) is 1. The van der Waals surface area contributed by atoms with E-state index in [1.807, 2.05) is 0 Å². The zero-order chi connectivity index (χ0) is 22.1. The van der Waals surface area contributed by atoms with Gasteiger partial charge in [0.25, 0.3) is 0 Å². The topological polar surface area (TPSA) is 67.6 Å². The Hall–Kier alpha value is -2.65. The first-order chi connectivity index (χ1) is 14.2.